The van der Waals surface area contributed by atoms with E-state index in [1.807, 2.05) is 13.1 Å². The Morgan fingerprint density at radius 1 is 1.18 bits per heavy atom. The minimum Gasteiger partial charge on any atom is -0.396 e. The van der Waals surface area contributed by atoms with Crippen LogP contribution in [0, 0.1) is 5.82 Å². The van der Waals surface area contributed by atoms with E-state index < -0.39 is 0 Å². The summed E-state index contributed by atoms with van der Waals surface area (Å²) in [7, 11) is 6.18. The Bertz CT molecular complexity index is 353. The van der Waals surface area contributed by atoms with Gasteiger partial charge in [-0.2, -0.15) is 0 Å². The van der Waals surface area contributed by atoms with Gasteiger partial charge in [-0.05, 0) is 58.3 Å². The molecule has 0 fully saturated rings. The number of hydrogen-bond acceptors (Lipinski definition) is 3. The normalized spacial score (nSPS) is 11.4. The molecule has 0 heterocycles. The lowest BCUT2D eigenvalue weighted by molar-refractivity contribution is 0.294. The maximum Gasteiger partial charge on any atom is 0.146 e. The molecule has 0 spiro atoms. The molecule has 0 aromatic heterocycles. The van der Waals surface area contributed by atoms with Crippen LogP contribution in [0.3, 0.4) is 0 Å². The van der Waals surface area contributed by atoms with Gasteiger partial charge in [0.2, 0.25) is 0 Å². The number of nitrogens with zero attached hydrogens (tertiary/aromatic N) is 2. The van der Waals surface area contributed by atoms with E-state index in [2.05, 4.69) is 23.9 Å². The predicted octanol–water partition coefficient (Wildman–Crippen LogP) is 1.79. The highest BCUT2D eigenvalue weighted by Crippen LogP contribution is 2.13. The van der Waals surface area contributed by atoms with Crippen molar-refractivity contribution < 1.29 is 4.39 Å². The Balaban J connectivity index is 2.39. The number of rotatable bonds is 6. The van der Waals surface area contributed by atoms with Gasteiger partial charge in [0.1, 0.15) is 5.82 Å². The Morgan fingerprint density at radius 2 is 1.88 bits per heavy atom. The summed E-state index contributed by atoms with van der Waals surface area (Å²) in [6.45, 7) is 2.83. The summed E-state index contributed by atoms with van der Waals surface area (Å²) >= 11 is 0. The molecule has 0 amide bonds. The van der Waals surface area contributed by atoms with Crippen molar-refractivity contribution in [2.75, 3.05) is 40.0 Å². The van der Waals surface area contributed by atoms with Gasteiger partial charge in [-0.25, -0.2) is 4.39 Å². The second kappa shape index (κ2) is 6.57. The van der Waals surface area contributed by atoms with Crippen LogP contribution >= 0.6 is 0 Å². The van der Waals surface area contributed by atoms with Gasteiger partial charge in [0.25, 0.3) is 0 Å². The van der Waals surface area contributed by atoms with E-state index in [0.717, 1.165) is 31.6 Å². The number of halogens is 1. The third-order valence-electron chi connectivity index (χ3n) is 2.66. The van der Waals surface area contributed by atoms with E-state index in [1.54, 1.807) is 6.07 Å². The van der Waals surface area contributed by atoms with Gasteiger partial charge in [-0.15, -0.1) is 0 Å². The largest absolute Gasteiger partial charge is 0.396 e. The fourth-order valence-corrected chi connectivity index (χ4v) is 1.72. The highest BCUT2D eigenvalue weighted by molar-refractivity contribution is 5.41. The molecule has 0 saturated heterocycles. The van der Waals surface area contributed by atoms with Crippen LogP contribution in [0.15, 0.2) is 18.2 Å². The van der Waals surface area contributed by atoms with Crippen LogP contribution < -0.4 is 5.73 Å². The van der Waals surface area contributed by atoms with Gasteiger partial charge >= 0.3 is 0 Å². The molecule has 0 saturated carbocycles. The van der Waals surface area contributed by atoms with Gasteiger partial charge in [0.15, 0.2) is 0 Å². The number of anilines is 1. The number of hydrogen-bond donors (Lipinski definition) is 1. The second-order valence-corrected chi connectivity index (χ2v) is 4.75. The Hall–Kier alpha value is -1.13. The topological polar surface area (TPSA) is 32.5 Å². The van der Waals surface area contributed by atoms with Gasteiger partial charge in [-0.1, -0.05) is 6.07 Å². The zero-order valence-corrected chi connectivity index (χ0v) is 10.9. The summed E-state index contributed by atoms with van der Waals surface area (Å²) in [5.74, 6) is -0.329. The fourth-order valence-electron chi connectivity index (χ4n) is 1.72. The molecule has 0 aliphatic carbocycles. The first-order valence-corrected chi connectivity index (χ1v) is 5.86. The van der Waals surface area contributed by atoms with Crippen molar-refractivity contribution in [1.29, 1.82) is 0 Å². The van der Waals surface area contributed by atoms with E-state index in [0.29, 0.717) is 0 Å². The van der Waals surface area contributed by atoms with Crippen molar-refractivity contribution in [3.63, 3.8) is 0 Å². The fraction of sp³-hybridized carbons (Fsp3) is 0.538. The van der Waals surface area contributed by atoms with Crippen LogP contribution in [0.25, 0.3) is 0 Å². The van der Waals surface area contributed by atoms with Crippen molar-refractivity contribution in [3.8, 4) is 0 Å². The summed E-state index contributed by atoms with van der Waals surface area (Å²) in [6.07, 6.45) is 1.11. The van der Waals surface area contributed by atoms with Crippen LogP contribution in [-0.4, -0.2) is 44.0 Å². The van der Waals surface area contributed by atoms with Crippen molar-refractivity contribution in [1.82, 2.24) is 9.80 Å². The van der Waals surface area contributed by atoms with Crippen LogP contribution in [0.2, 0.25) is 0 Å². The molecule has 2 N–H and O–H groups in total. The Morgan fingerprint density at radius 3 is 2.47 bits per heavy atom. The van der Waals surface area contributed by atoms with Crippen LogP contribution in [0.5, 0.6) is 0 Å². The summed E-state index contributed by atoms with van der Waals surface area (Å²) in [4.78, 5) is 4.35. The molecule has 96 valence electrons. The molecule has 17 heavy (non-hydrogen) atoms. The Labute approximate surface area is 103 Å². The quantitative estimate of drug-likeness (QED) is 0.768. The zero-order chi connectivity index (χ0) is 12.8. The lowest BCUT2D eigenvalue weighted by Crippen LogP contribution is -2.23. The molecular formula is C13H22FN3. The molecule has 0 radical (unpaired) electrons. The molecule has 0 bridgehead atoms. The van der Waals surface area contributed by atoms with Gasteiger partial charge < -0.3 is 15.5 Å². The third-order valence-corrected chi connectivity index (χ3v) is 2.66. The molecule has 3 nitrogen and oxygen atoms in total. The molecule has 0 unspecified atom stereocenters. The highest BCUT2D eigenvalue weighted by Gasteiger charge is 2.03. The van der Waals surface area contributed by atoms with Gasteiger partial charge in [0, 0.05) is 6.54 Å². The highest BCUT2D eigenvalue weighted by atomic mass is 19.1. The minimum atomic E-state index is -0.329. The maximum atomic E-state index is 13.2. The molecule has 1 rings (SSSR count). The number of nitrogen functional groups attached to an aromatic ring is 1. The predicted molar refractivity (Wildman–Crippen MR) is 70.3 cm³/mol. The summed E-state index contributed by atoms with van der Waals surface area (Å²) in [5, 5.41) is 0. The lowest BCUT2D eigenvalue weighted by atomic mass is 10.2. The van der Waals surface area contributed by atoms with E-state index in [-0.39, 0.29) is 11.5 Å². The number of benzene rings is 1. The third kappa shape index (κ3) is 5.15. The van der Waals surface area contributed by atoms with E-state index in [1.165, 1.54) is 6.07 Å². The molecular weight excluding hydrogens is 217 g/mol. The molecule has 1 aromatic rings. The van der Waals surface area contributed by atoms with E-state index >= 15 is 0 Å². The maximum absolute atomic E-state index is 13.2. The minimum absolute atomic E-state index is 0.212. The molecule has 4 heteroatoms. The summed E-state index contributed by atoms with van der Waals surface area (Å²) in [5.41, 5.74) is 6.61. The monoisotopic (exact) mass is 239 g/mol. The van der Waals surface area contributed by atoms with E-state index in [9.17, 15) is 4.39 Å². The molecule has 0 aliphatic heterocycles. The zero-order valence-electron chi connectivity index (χ0n) is 10.9. The second-order valence-electron chi connectivity index (χ2n) is 4.75. The smallest absolute Gasteiger partial charge is 0.146 e. The van der Waals surface area contributed by atoms with Crippen molar-refractivity contribution in [3.05, 3.63) is 29.6 Å². The summed E-state index contributed by atoms with van der Waals surface area (Å²) in [6, 6.07) is 5.01. The SMILES string of the molecule is CN(C)CCCN(C)Cc1ccc(N)c(F)c1. The van der Waals surface area contributed by atoms with Crippen LogP contribution in [-0.2, 0) is 6.54 Å². The first-order valence-electron chi connectivity index (χ1n) is 5.86. The van der Waals surface area contributed by atoms with Gasteiger partial charge in [-0.3, -0.25) is 0 Å². The first kappa shape index (κ1) is 13.9. The van der Waals surface area contributed by atoms with Crippen molar-refractivity contribution >= 4 is 5.69 Å². The number of nitrogens with two attached hydrogens (primary N) is 1. The van der Waals surface area contributed by atoms with Crippen molar-refractivity contribution in [2.45, 2.75) is 13.0 Å². The average molecular weight is 239 g/mol. The molecule has 0 atom stereocenters. The lowest BCUT2D eigenvalue weighted by Gasteiger charge is -2.18. The molecule has 0 aliphatic rings. The first-order chi connectivity index (χ1) is 7.99. The molecule has 1 aromatic carbocycles. The van der Waals surface area contributed by atoms with Crippen LogP contribution in [0.4, 0.5) is 10.1 Å². The van der Waals surface area contributed by atoms with E-state index in [4.69, 9.17) is 5.73 Å². The Kier molecular flexibility index (Phi) is 5.38. The van der Waals surface area contributed by atoms with Crippen LogP contribution in [0.1, 0.15) is 12.0 Å². The van der Waals surface area contributed by atoms with Crippen molar-refractivity contribution in [2.24, 2.45) is 0 Å². The van der Waals surface area contributed by atoms with Gasteiger partial charge in [0.05, 0.1) is 5.69 Å². The summed E-state index contributed by atoms with van der Waals surface area (Å²) < 4.78 is 13.2. The standard InChI is InChI=1S/C13H22FN3/c1-16(2)7-4-8-17(3)10-11-5-6-13(15)12(14)9-11/h5-6,9H,4,7-8,10,15H2,1-3H3. The average Bonchev–Trinajstić information content (AvgIpc) is 2.23.